The molecule has 1 amide bonds. The lowest BCUT2D eigenvalue weighted by molar-refractivity contribution is 0.0950. The molecule has 7 nitrogen and oxygen atoms in total. The Morgan fingerprint density at radius 3 is 2.71 bits per heavy atom. The highest BCUT2D eigenvalue weighted by Gasteiger charge is 2.28. The number of hydrogen-bond acceptors (Lipinski definition) is 6. The molecule has 1 aromatic carbocycles. The van der Waals surface area contributed by atoms with Crippen molar-refractivity contribution in [2.45, 2.75) is 13.0 Å². The van der Waals surface area contributed by atoms with Crippen LogP contribution in [0.5, 0.6) is 0 Å². The molecule has 0 aliphatic carbocycles. The number of nitrogens with zero attached hydrogens (tertiary/aromatic N) is 2. The van der Waals surface area contributed by atoms with E-state index in [1.165, 1.54) is 0 Å². The van der Waals surface area contributed by atoms with Crippen molar-refractivity contribution in [3.63, 3.8) is 0 Å². The predicted octanol–water partition coefficient (Wildman–Crippen LogP) is 1.26. The molecule has 1 aromatic heterocycles. The summed E-state index contributed by atoms with van der Waals surface area (Å²) in [5, 5.41) is 7.02. The fraction of sp³-hybridized carbons (Fsp3) is 0.412. The first-order chi connectivity index (χ1) is 11.7. The van der Waals surface area contributed by atoms with Gasteiger partial charge in [0.2, 0.25) is 0 Å². The highest BCUT2D eigenvalue weighted by atomic mass is 16.5. The Bertz CT molecular complexity index is 678. The van der Waals surface area contributed by atoms with Gasteiger partial charge in [-0.25, -0.2) is 0 Å². The Balaban J connectivity index is 1.96. The van der Waals surface area contributed by atoms with E-state index in [4.69, 9.17) is 15.0 Å². The number of nitrogens with two attached hydrogens (primary N) is 1. The summed E-state index contributed by atoms with van der Waals surface area (Å²) in [6, 6.07) is 9.38. The van der Waals surface area contributed by atoms with Crippen LogP contribution in [0.2, 0.25) is 0 Å². The molecule has 1 aliphatic rings. The van der Waals surface area contributed by atoms with E-state index >= 15 is 0 Å². The largest absolute Gasteiger partial charge is 0.378 e. The number of nitrogens with one attached hydrogen (secondary N) is 1. The maximum absolute atomic E-state index is 12.7. The molecular formula is C17H22N4O3. The van der Waals surface area contributed by atoms with Gasteiger partial charge in [0.05, 0.1) is 13.2 Å². The van der Waals surface area contributed by atoms with Crippen LogP contribution >= 0.6 is 0 Å². The minimum atomic E-state index is -0.228. The topological polar surface area (TPSA) is 93.6 Å². The van der Waals surface area contributed by atoms with Crippen molar-refractivity contribution in [1.82, 2.24) is 10.5 Å². The fourth-order valence-electron chi connectivity index (χ4n) is 2.61. The zero-order valence-corrected chi connectivity index (χ0v) is 13.7. The minimum absolute atomic E-state index is 0.124. The molecule has 0 saturated carbocycles. The van der Waals surface area contributed by atoms with E-state index in [1.807, 2.05) is 42.2 Å². The molecule has 0 radical (unpaired) electrons. The molecule has 2 heterocycles. The molecule has 7 heteroatoms. The number of rotatable bonds is 5. The van der Waals surface area contributed by atoms with Crippen molar-refractivity contribution in [3.8, 4) is 11.3 Å². The van der Waals surface area contributed by atoms with Gasteiger partial charge < -0.3 is 25.2 Å². The molecule has 3 rings (SSSR count). The first-order valence-electron chi connectivity index (χ1n) is 8.08. The van der Waals surface area contributed by atoms with Gasteiger partial charge >= 0.3 is 0 Å². The Morgan fingerprint density at radius 2 is 2.04 bits per heavy atom. The number of ether oxygens (including phenoxy) is 1. The standard InChI is InChI=1S/C17H22N4O3/c1-12(18)11-19-17(22)14-15(13-5-3-2-4-6-13)24-20-16(14)21-7-9-23-10-8-21/h2-6,12H,7-11,18H2,1H3,(H,19,22)/t12-/m0/s1. The van der Waals surface area contributed by atoms with Crippen LogP contribution in [0.25, 0.3) is 11.3 Å². The van der Waals surface area contributed by atoms with Crippen molar-refractivity contribution in [2.75, 3.05) is 37.7 Å². The first-order valence-corrected chi connectivity index (χ1v) is 8.08. The van der Waals surface area contributed by atoms with E-state index in [2.05, 4.69) is 10.5 Å². The molecule has 0 unspecified atom stereocenters. The van der Waals surface area contributed by atoms with Crippen LogP contribution < -0.4 is 16.0 Å². The summed E-state index contributed by atoms with van der Waals surface area (Å²) >= 11 is 0. The molecule has 1 aliphatic heterocycles. The molecule has 1 atom stereocenters. The molecule has 24 heavy (non-hydrogen) atoms. The van der Waals surface area contributed by atoms with E-state index in [1.54, 1.807) is 0 Å². The number of hydrogen-bond donors (Lipinski definition) is 2. The van der Waals surface area contributed by atoms with Crippen molar-refractivity contribution in [2.24, 2.45) is 5.73 Å². The number of amides is 1. The van der Waals surface area contributed by atoms with Gasteiger partial charge in [-0.05, 0) is 6.92 Å². The average Bonchev–Trinajstić information content (AvgIpc) is 3.06. The van der Waals surface area contributed by atoms with Gasteiger partial charge in [-0.1, -0.05) is 35.5 Å². The van der Waals surface area contributed by atoms with Crippen LogP contribution in [-0.2, 0) is 4.74 Å². The zero-order valence-electron chi connectivity index (χ0n) is 13.7. The number of aromatic nitrogens is 1. The summed E-state index contributed by atoms with van der Waals surface area (Å²) in [4.78, 5) is 14.8. The van der Waals surface area contributed by atoms with Crippen LogP contribution in [0.15, 0.2) is 34.9 Å². The van der Waals surface area contributed by atoms with Crippen molar-refractivity contribution >= 4 is 11.7 Å². The maximum Gasteiger partial charge on any atom is 0.259 e. The molecule has 0 bridgehead atoms. The highest BCUT2D eigenvalue weighted by molar-refractivity contribution is 6.04. The van der Waals surface area contributed by atoms with E-state index in [9.17, 15) is 4.79 Å². The molecule has 1 fully saturated rings. The van der Waals surface area contributed by atoms with Crippen LogP contribution in [0, 0.1) is 0 Å². The Labute approximate surface area is 140 Å². The normalized spacial score (nSPS) is 16.0. The minimum Gasteiger partial charge on any atom is -0.378 e. The molecule has 1 saturated heterocycles. The lowest BCUT2D eigenvalue weighted by Gasteiger charge is -2.27. The Morgan fingerprint density at radius 1 is 1.33 bits per heavy atom. The number of carbonyl (C=O) groups excluding carboxylic acids is 1. The van der Waals surface area contributed by atoms with Crippen molar-refractivity contribution < 1.29 is 14.1 Å². The number of anilines is 1. The SMILES string of the molecule is C[C@H](N)CNC(=O)c1c(N2CCOCC2)noc1-c1ccccc1. The second-order valence-corrected chi connectivity index (χ2v) is 5.86. The fourth-order valence-corrected chi connectivity index (χ4v) is 2.61. The van der Waals surface area contributed by atoms with Gasteiger partial charge in [0.15, 0.2) is 11.6 Å². The number of morpholine rings is 1. The second-order valence-electron chi connectivity index (χ2n) is 5.86. The van der Waals surface area contributed by atoms with Crippen LogP contribution in [0.1, 0.15) is 17.3 Å². The smallest absolute Gasteiger partial charge is 0.259 e. The Hall–Kier alpha value is -2.38. The summed E-state index contributed by atoms with van der Waals surface area (Å²) in [7, 11) is 0. The lowest BCUT2D eigenvalue weighted by atomic mass is 10.1. The third kappa shape index (κ3) is 3.58. The first kappa shape index (κ1) is 16.5. The quantitative estimate of drug-likeness (QED) is 0.857. The van der Waals surface area contributed by atoms with Gasteiger partial charge in [-0.3, -0.25) is 4.79 Å². The summed E-state index contributed by atoms with van der Waals surface area (Å²) in [5.74, 6) is 0.799. The molecule has 2 aromatic rings. The highest BCUT2D eigenvalue weighted by Crippen LogP contribution is 2.31. The van der Waals surface area contributed by atoms with Crippen LogP contribution in [-0.4, -0.2) is 50.0 Å². The Kier molecular flexibility index (Phi) is 5.12. The average molecular weight is 330 g/mol. The maximum atomic E-state index is 12.7. The monoisotopic (exact) mass is 330 g/mol. The van der Waals surface area contributed by atoms with E-state index < -0.39 is 0 Å². The van der Waals surface area contributed by atoms with Gasteiger partial charge in [-0.2, -0.15) is 0 Å². The molecule has 128 valence electrons. The second kappa shape index (κ2) is 7.46. The number of carbonyl (C=O) groups is 1. The van der Waals surface area contributed by atoms with Crippen molar-refractivity contribution in [1.29, 1.82) is 0 Å². The zero-order chi connectivity index (χ0) is 16.9. The number of benzene rings is 1. The van der Waals surface area contributed by atoms with E-state index in [0.717, 1.165) is 5.56 Å². The van der Waals surface area contributed by atoms with Gasteiger partial charge in [-0.15, -0.1) is 0 Å². The molecular weight excluding hydrogens is 308 g/mol. The van der Waals surface area contributed by atoms with Crippen LogP contribution in [0.4, 0.5) is 5.82 Å². The van der Waals surface area contributed by atoms with Gasteiger partial charge in [0, 0.05) is 31.2 Å². The van der Waals surface area contributed by atoms with Crippen molar-refractivity contribution in [3.05, 3.63) is 35.9 Å². The summed E-state index contributed by atoms with van der Waals surface area (Å²) in [6.45, 7) is 4.79. The third-order valence-corrected chi connectivity index (χ3v) is 3.83. The predicted molar refractivity (Wildman–Crippen MR) is 91.0 cm³/mol. The van der Waals surface area contributed by atoms with Crippen LogP contribution in [0.3, 0.4) is 0 Å². The van der Waals surface area contributed by atoms with Gasteiger partial charge in [0.1, 0.15) is 5.56 Å². The summed E-state index contributed by atoms with van der Waals surface area (Å²) < 4.78 is 10.9. The van der Waals surface area contributed by atoms with E-state index in [0.29, 0.717) is 50.0 Å². The van der Waals surface area contributed by atoms with Gasteiger partial charge in [0.25, 0.3) is 5.91 Å². The van der Waals surface area contributed by atoms with E-state index in [-0.39, 0.29) is 11.9 Å². The summed E-state index contributed by atoms with van der Waals surface area (Å²) in [5.41, 5.74) is 7.01. The third-order valence-electron chi connectivity index (χ3n) is 3.83. The molecule has 0 spiro atoms. The summed E-state index contributed by atoms with van der Waals surface area (Å²) in [6.07, 6.45) is 0. The lowest BCUT2D eigenvalue weighted by Crippen LogP contribution is -2.39. The molecule has 3 N–H and O–H groups in total.